The van der Waals surface area contributed by atoms with Crippen LogP contribution in [0.1, 0.15) is 0 Å². The van der Waals surface area contributed by atoms with Gasteiger partial charge >= 0.3 is 0 Å². The highest BCUT2D eigenvalue weighted by molar-refractivity contribution is 6.28. The molecule has 12 aromatic rings. The Balaban J connectivity index is 1.08. The highest BCUT2D eigenvalue weighted by atomic mass is 15.1. The zero-order valence-electron chi connectivity index (χ0n) is 33.6. The Morgan fingerprint density at radius 2 is 0.661 bits per heavy atom. The third-order valence-corrected chi connectivity index (χ3v) is 12.0. The molecule has 0 amide bonds. The summed E-state index contributed by atoms with van der Waals surface area (Å²) in [5.74, 6) is 1.88. The Labute approximate surface area is 358 Å². The van der Waals surface area contributed by atoms with Gasteiger partial charge in [0, 0.05) is 49.6 Å². The maximum absolute atomic E-state index is 5.12. The van der Waals surface area contributed by atoms with E-state index in [-0.39, 0.29) is 0 Å². The van der Waals surface area contributed by atoms with E-state index in [1.165, 1.54) is 49.3 Å². The fraction of sp³-hybridized carbons (Fsp3) is 0. The van der Waals surface area contributed by atoms with E-state index in [0.717, 1.165) is 44.7 Å². The summed E-state index contributed by atoms with van der Waals surface area (Å²) in [4.78, 5) is 15.2. The molecule has 5 nitrogen and oxygen atoms in total. The minimum Gasteiger partial charge on any atom is -0.307 e. The predicted molar refractivity (Wildman–Crippen MR) is 256 cm³/mol. The molecule has 0 bridgehead atoms. The first kappa shape index (κ1) is 35.5. The number of para-hydroxylation sites is 3. The van der Waals surface area contributed by atoms with Gasteiger partial charge in [0.15, 0.2) is 17.5 Å². The number of benzene rings is 9. The predicted octanol–water partition coefficient (Wildman–Crippen LogP) is 14.4. The molecule has 0 saturated heterocycles. The lowest BCUT2D eigenvalue weighted by Crippen LogP contribution is -2.01. The second-order valence-electron chi connectivity index (χ2n) is 15.6. The van der Waals surface area contributed by atoms with Gasteiger partial charge in [-0.3, -0.25) is 0 Å². The molecule has 3 heterocycles. The van der Waals surface area contributed by atoms with Crippen molar-refractivity contribution in [2.24, 2.45) is 0 Å². The van der Waals surface area contributed by atoms with E-state index in [4.69, 9.17) is 15.0 Å². The highest BCUT2D eigenvalue weighted by Gasteiger charge is 2.24. The summed E-state index contributed by atoms with van der Waals surface area (Å²) in [6.45, 7) is 0. The SMILES string of the molecule is c1ccc(-c2ccc(-c3nc(-c4ccccc4)nc(-c4ccc(-n5c6ccccc6c6c(-c7ccccc7)cc7c8ccccc8n(-c8ccccc8)c7c65)cc4)n3)cc2)cc1. The molecule has 0 unspecified atom stereocenters. The summed E-state index contributed by atoms with van der Waals surface area (Å²) >= 11 is 0. The van der Waals surface area contributed by atoms with Gasteiger partial charge in [0.05, 0.1) is 22.1 Å². The topological polar surface area (TPSA) is 48.5 Å². The van der Waals surface area contributed by atoms with Crippen molar-refractivity contribution in [2.45, 2.75) is 0 Å². The molecule has 0 spiro atoms. The standard InChI is InChI=1S/C57H37N5/c1-5-17-38(18-6-1)39-29-31-42(32-30-39)56-58-55(41-21-9-3-10-22-41)59-57(60-56)43-33-35-45(36-34-43)62-51-28-16-14-26-47(51)52-48(40-19-7-2-8-20-40)37-49-46-25-13-15-27-50(46)61(53(49)54(52)62)44-23-11-4-12-24-44/h1-37H. The van der Waals surface area contributed by atoms with Crippen LogP contribution in [0.4, 0.5) is 0 Å². The number of aromatic nitrogens is 5. The average Bonchev–Trinajstić information content (AvgIpc) is 3.88. The molecule has 0 aliphatic carbocycles. The molecule has 9 aromatic carbocycles. The molecule has 0 fully saturated rings. The van der Waals surface area contributed by atoms with E-state index in [0.29, 0.717) is 17.5 Å². The van der Waals surface area contributed by atoms with Crippen LogP contribution < -0.4 is 0 Å². The number of rotatable bonds is 7. The minimum absolute atomic E-state index is 0.618. The molecular weight excluding hydrogens is 755 g/mol. The van der Waals surface area contributed by atoms with Crippen molar-refractivity contribution in [1.82, 2.24) is 24.1 Å². The number of hydrogen-bond donors (Lipinski definition) is 0. The van der Waals surface area contributed by atoms with Crippen LogP contribution in [0.2, 0.25) is 0 Å². The Bertz CT molecular complexity index is 3580. The van der Waals surface area contributed by atoms with Crippen molar-refractivity contribution < 1.29 is 0 Å². The van der Waals surface area contributed by atoms with Crippen molar-refractivity contribution in [2.75, 3.05) is 0 Å². The monoisotopic (exact) mass is 791 g/mol. The molecule has 5 heteroatoms. The van der Waals surface area contributed by atoms with Crippen LogP contribution in [0.3, 0.4) is 0 Å². The number of nitrogens with zero attached hydrogens (tertiary/aromatic N) is 5. The van der Waals surface area contributed by atoms with Crippen LogP contribution >= 0.6 is 0 Å². The fourth-order valence-electron chi connectivity index (χ4n) is 9.11. The summed E-state index contributed by atoms with van der Waals surface area (Å²) in [7, 11) is 0. The average molecular weight is 792 g/mol. The van der Waals surface area contributed by atoms with Gasteiger partial charge in [0.2, 0.25) is 0 Å². The van der Waals surface area contributed by atoms with E-state index in [2.05, 4.69) is 197 Å². The number of hydrogen-bond acceptors (Lipinski definition) is 3. The summed E-state index contributed by atoms with van der Waals surface area (Å²) in [5.41, 5.74) is 14.3. The molecule has 0 N–H and O–H groups in total. The van der Waals surface area contributed by atoms with E-state index in [9.17, 15) is 0 Å². The molecular formula is C57H37N5. The van der Waals surface area contributed by atoms with E-state index in [1.54, 1.807) is 0 Å². The first-order valence-electron chi connectivity index (χ1n) is 21.0. The van der Waals surface area contributed by atoms with Crippen molar-refractivity contribution in [1.29, 1.82) is 0 Å². The Morgan fingerprint density at radius 1 is 0.274 bits per heavy atom. The summed E-state index contributed by atoms with van der Waals surface area (Å²) in [6, 6.07) is 79.2. The Kier molecular flexibility index (Phi) is 8.42. The first-order chi connectivity index (χ1) is 30.8. The fourth-order valence-corrected chi connectivity index (χ4v) is 9.11. The maximum Gasteiger partial charge on any atom is 0.164 e. The van der Waals surface area contributed by atoms with Crippen LogP contribution in [-0.2, 0) is 0 Å². The van der Waals surface area contributed by atoms with Gasteiger partial charge in [0.1, 0.15) is 0 Å². The lowest BCUT2D eigenvalue weighted by Gasteiger charge is -2.14. The molecule has 290 valence electrons. The van der Waals surface area contributed by atoms with E-state index < -0.39 is 0 Å². The molecule has 12 rings (SSSR count). The largest absolute Gasteiger partial charge is 0.307 e. The Morgan fingerprint density at radius 3 is 1.26 bits per heavy atom. The summed E-state index contributed by atoms with van der Waals surface area (Å²) in [5, 5.41) is 4.84. The lowest BCUT2D eigenvalue weighted by atomic mass is 9.96. The molecule has 0 radical (unpaired) electrons. The van der Waals surface area contributed by atoms with Crippen molar-refractivity contribution in [3.8, 4) is 67.8 Å². The molecule has 0 aliphatic rings. The molecule has 0 atom stereocenters. The molecule has 3 aromatic heterocycles. The summed E-state index contributed by atoms with van der Waals surface area (Å²) in [6.07, 6.45) is 0. The van der Waals surface area contributed by atoms with Crippen LogP contribution in [0, 0.1) is 0 Å². The quantitative estimate of drug-likeness (QED) is 0.162. The van der Waals surface area contributed by atoms with Gasteiger partial charge < -0.3 is 9.13 Å². The van der Waals surface area contributed by atoms with Gasteiger partial charge in [-0.15, -0.1) is 0 Å². The first-order valence-corrected chi connectivity index (χ1v) is 21.0. The normalized spacial score (nSPS) is 11.5. The van der Waals surface area contributed by atoms with Gasteiger partial charge in [0.25, 0.3) is 0 Å². The second-order valence-corrected chi connectivity index (χ2v) is 15.6. The highest BCUT2D eigenvalue weighted by Crippen LogP contribution is 2.46. The Hall–Kier alpha value is -8.41. The molecule has 0 saturated carbocycles. The van der Waals surface area contributed by atoms with Gasteiger partial charge in [-0.2, -0.15) is 0 Å². The van der Waals surface area contributed by atoms with Gasteiger partial charge in [-0.25, -0.2) is 15.0 Å². The van der Waals surface area contributed by atoms with Crippen molar-refractivity contribution >= 4 is 43.6 Å². The zero-order valence-corrected chi connectivity index (χ0v) is 33.6. The number of fused-ring (bicyclic) bond motifs is 7. The van der Waals surface area contributed by atoms with E-state index >= 15 is 0 Å². The maximum atomic E-state index is 5.12. The van der Waals surface area contributed by atoms with Crippen LogP contribution in [0.15, 0.2) is 224 Å². The second kappa shape index (κ2) is 14.7. The lowest BCUT2D eigenvalue weighted by molar-refractivity contribution is 1.07. The van der Waals surface area contributed by atoms with Gasteiger partial charge in [-0.1, -0.05) is 170 Å². The van der Waals surface area contributed by atoms with Gasteiger partial charge in [-0.05, 0) is 76.9 Å². The van der Waals surface area contributed by atoms with Crippen LogP contribution in [0.5, 0.6) is 0 Å². The third kappa shape index (κ3) is 5.90. The van der Waals surface area contributed by atoms with Crippen molar-refractivity contribution in [3.05, 3.63) is 224 Å². The minimum atomic E-state index is 0.618. The smallest absolute Gasteiger partial charge is 0.164 e. The molecule has 0 aliphatic heterocycles. The molecule has 62 heavy (non-hydrogen) atoms. The van der Waals surface area contributed by atoms with Crippen molar-refractivity contribution in [3.63, 3.8) is 0 Å². The third-order valence-electron chi connectivity index (χ3n) is 12.0. The van der Waals surface area contributed by atoms with Crippen LogP contribution in [-0.4, -0.2) is 24.1 Å². The zero-order chi connectivity index (χ0) is 41.0. The summed E-state index contributed by atoms with van der Waals surface area (Å²) < 4.78 is 4.89. The van der Waals surface area contributed by atoms with E-state index in [1.807, 2.05) is 36.4 Å². The van der Waals surface area contributed by atoms with Crippen LogP contribution in [0.25, 0.3) is 111 Å².